The number of nitrogens with one attached hydrogen (secondary N) is 1. The zero-order chi connectivity index (χ0) is 15.6. The monoisotopic (exact) mass is 317 g/mol. The molecule has 6 nitrogen and oxygen atoms in total. The number of sulfonamides is 1. The highest BCUT2D eigenvalue weighted by molar-refractivity contribution is 7.89. The van der Waals surface area contributed by atoms with Gasteiger partial charge in [-0.1, -0.05) is 0 Å². The second kappa shape index (κ2) is 6.08. The van der Waals surface area contributed by atoms with E-state index in [4.69, 9.17) is 5.11 Å². The van der Waals surface area contributed by atoms with Crippen molar-refractivity contribution in [3.8, 4) is 0 Å². The van der Waals surface area contributed by atoms with Crippen LogP contribution in [-0.4, -0.2) is 37.2 Å². The average Bonchev–Trinajstić information content (AvgIpc) is 2.82. The lowest BCUT2D eigenvalue weighted by Crippen LogP contribution is -2.29. The largest absolute Gasteiger partial charge is 0.478 e. The lowest BCUT2D eigenvalue weighted by Gasteiger charge is -2.12. The summed E-state index contributed by atoms with van der Waals surface area (Å²) >= 11 is 0. The van der Waals surface area contributed by atoms with E-state index in [0.29, 0.717) is 25.3 Å². The first-order chi connectivity index (χ1) is 9.79. The maximum absolute atomic E-state index is 13.7. The Kier molecular flexibility index (Phi) is 4.60. The quantitative estimate of drug-likeness (QED) is 0.750. The molecule has 0 amide bonds. The van der Waals surface area contributed by atoms with Crippen molar-refractivity contribution < 1.29 is 27.8 Å². The number of carbonyl (C=O) groups is 1. The van der Waals surface area contributed by atoms with Gasteiger partial charge in [0.15, 0.2) is 0 Å². The number of halogens is 1. The summed E-state index contributed by atoms with van der Waals surface area (Å²) in [6, 6.07) is 2.65. The molecule has 2 unspecified atom stereocenters. The third-order valence-corrected chi connectivity index (χ3v) is 5.00. The van der Waals surface area contributed by atoms with E-state index in [1.54, 1.807) is 0 Å². The number of rotatable bonds is 5. The number of hydrogen-bond donors (Lipinski definition) is 3. The van der Waals surface area contributed by atoms with Gasteiger partial charge >= 0.3 is 5.97 Å². The fourth-order valence-corrected chi connectivity index (χ4v) is 3.56. The van der Waals surface area contributed by atoms with Crippen LogP contribution in [0.3, 0.4) is 0 Å². The summed E-state index contributed by atoms with van der Waals surface area (Å²) in [5.74, 6) is -2.41. The molecule has 21 heavy (non-hydrogen) atoms. The van der Waals surface area contributed by atoms with Crippen LogP contribution >= 0.6 is 0 Å². The Bertz CT molecular complexity index is 646. The lowest BCUT2D eigenvalue weighted by atomic mass is 10.1. The fourth-order valence-electron chi connectivity index (χ4n) is 2.39. The second-order valence-electron chi connectivity index (χ2n) is 5.14. The molecule has 0 heterocycles. The van der Waals surface area contributed by atoms with Crippen LogP contribution in [0.4, 0.5) is 4.39 Å². The molecule has 2 atom stereocenters. The third-order valence-electron chi connectivity index (χ3n) is 3.54. The maximum Gasteiger partial charge on any atom is 0.335 e. The molecular formula is C13H16FNO5S. The highest BCUT2D eigenvalue weighted by Crippen LogP contribution is 2.25. The van der Waals surface area contributed by atoms with Crippen LogP contribution in [0.15, 0.2) is 23.1 Å². The molecule has 0 aliphatic heterocycles. The van der Waals surface area contributed by atoms with Crippen molar-refractivity contribution in [1.29, 1.82) is 0 Å². The van der Waals surface area contributed by atoms with E-state index in [1.165, 1.54) is 0 Å². The fraction of sp³-hybridized carbons (Fsp3) is 0.462. The van der Waals surface area contributed by atoms with Gasteiger partial charge in [0.1, 0.15) is 10.7 Å². The van der Waals surface area contributed by atoms with E-state index in [0.717, 1.165) is 12.1 Å². The van der Waals surface area contributed by atoms with Crippen LogP contribution in [0.25, 0.3) is 0 Å². The molecule has 1 saturated carbocycles. The predicted molar refractivity (Wildman–Crippen MR) is 71.9 cm³/mol. The highest BCUT2D eigenvalue weighted by Gasteiger charge is 2.26. The number of hydrogen-bond acceptors (Lipinski definition) is 4. The van der Waals surface area contributed by atoms with Gasteiger partial charge in [0.2, 0.25) is 10.0 Å². The smallest absolute Gasteiger partial charge is 0.335 e. The molecule has 2 rings (SSSR count). The van der Waals surface area contributed by atoms with Crippen molar-refractivity contribution in [3.63, 3.8) is 0 Å². The van der Waals surface area contributed by atoms with E-state index >= 15 is 0 Å². The average molecular weight is 317 g/mol. The molecule has 0 aromatic heterocycles. The van der Waals surface area contributed by atoms with Crippen LogP contribution in [0, 0.1) is 11.7 Å². The second-order valence-corrected chi connectivity index (χ2v) is 6.87. The topological polar surface area (TPSA) is 104 Å². The van der Waals surface area contributed by atoms with Crippen molar-refractivity contribution in [2.75, 3.05) is 6.54 Å². The number of carboxylic acids is 1. The molecule has 8 heteroatoms. The summed E-state index contributed by atoms with van der Waals surface area (Å²) in [6.07, 6.45) is 1.45. The number of aromatic carboxylic acids is 1. The predicted octanol–water partition coefficient (Wildman–Crippen LogP) is 0.963. The normalized spacial score (nSPS) is 22.4. The van der Waals surface area contributed by atoms with E-state index in [1.807, 2.05) is 0 Å². The van der Waals surface area contributed by atoms with E-state index in [2.05, 4.69) is 4.72 Å². The minimum atomic E-state index is -4.04. The van der Waals surface area contributed by atoms with Gasteiger partial charge in [-0.3, -0.25) is 0 Å². The molecule has 1 aromatic carbocycles. The van der Waals surface area contributed by atoms with Crippen molar-refractivity contribution in [1.82, 2.24) is 4.72 Å². The Morgan fingerprint density at radius 3 is 2.62 bits per heavy atom. The number of carboxylic acid groups (broad SMARTS) is 1. The van der Waals surface area contributed by atoms with Crippen molar-refractivity contribution in [3.05, 3.63) is 29.6 Å². The number of benzene rings is 1. The Morgan fingerprint density at radius 2 is 2.10 bits per heavy atom. The van der Waals surface area contributed by atoms with Crippen molar-refractivity contribution in [2.45, 2.75) is 30.3 Å². The third kappa shape index (κ3) is 3.78. The Hall–Kier alpha value is -1.51. The van der Waals surface area contributed by atoms with E-state index < -0.39 is 32.8 Å². The SMILES string of the molecule is O=C(O)c1ccc(S(=O)(=O)NCC2CCC(O)C2)c(F)c1. The first kappa shape index (κ1) is 15.9. The summed E-state index contributed by atoms with van der Waals surface area (Å²) in [6.45, 7) is 0.125. The molecule has 1 aliphatic rings. The minimum Gasteiger partial charge on any atom is -0.478 e. The van der Waals surface area contributed by atoms with E-state index in [9.17, 15) is 22.7 Å². The summed E-state index contributed by atoms with van der Waals surface area (Å²) in [5.41, 5.74) is -0.314. The first-order valence-corrected chi connectivity index (χ1v) is 7.98. The minimum absolute atomic E-state index is 0.0242. The number of aliphatic hydroxyl groups excluding tert-OH is 1. The van der Waals surface area contributed by atoms with Gasteiger partial charge < -0.3 is 10.2 Å². The summed E-state index contributed by atoms with van der Waals surface area (Å²) in [4.78, 5) is 10.1. The van der Waals surface area contributed by atoms with Crippen LogP contribution in [0.1, 0.15) is 29.6 Å². The van der Waals surface area contributed by atoms with Crippen molar-refractivity contribution in [2.24, 2.45) is 5.92 Å². The molecule has 116 valence electrons. The number of aliphatic hydroxyl groups is 1. The Labute approximate surface area is 121 Å². The molecule has 0 saturated heterocycles. The van der Waals surface area contributed by atoms with Crippen LogP contribution in [-0.2, 0) is 10.0 Å². The molecule has 1 aromatic rings. The molecule has 1 fully saturated rings. The molecule has 3 N–H and O–H groups in total. The highest BCUT2D eigenvalue weighted by atomic mass is 32.2. The van der Waals surface area contributed by atoms with Gasteiger partial charge in [0.05, 0.1) is 11.7 Å². The van der Waals surface area contributed by atoms with Gasteiger partial charge in [-0.05, 0) is 43.4 Å². The van der Waals surface area contributed by atoms with Crippen molar-refractivity contribution >= 4 is 16.0 Å². The Balaban J connectivity index is 2.10. The standard InChI is InChI=1S/C13H16FNO5S/c14-11-6-9(13(17)18)2-4-12(11)21(19,20)15-7-8-1-3-10(16)5-8/h2,4,6,8,10,15-16H,1,3,5,7H2,(H,17,18). The summed E-state index contributed by atoms with van der Waals surface area (Å²) in [7, 11) is -4.04. The van der Waals surface area contributed by atoms with Gasteiger partial charge in [-0.2, -0.15) is 0 Å². The summed E-state index contributed by atoms with van der Waals surface area (Å²) in [5, 5.41) is 18.1. The lowest BCUT2D eigenvalue weighted by molar-refractivity contribution is 0.0696. The van der Waals surface area contributed by atoms with Crippen LogP contribution in [0.2, 0.25) is 0 Å². The van der Waals surface area contributed by atoms with Crippen LogP contribution < -0.4 is 4.72 Å². The molecule has 1 aliphatic carbocycles. The molecule has 0 bridgehead atoms. The first-order valence-electron chi connectivity index (χ1n) is 6.50. The summed E-state index contributed by atoms with van der Waals surface area (Å²) < 4.78 is 40.1. The van der Waals surface area contributed by atoms with Crippen LogP contribution in [0.5, 0.6) is 0 Å². The molecule has 0 spiro atoms. The van der Waals surface area contributed by atoms with Gasteiger partial charge in [-0.15, -0.1) is 0 Å². The van der Waals surface area contributed by atoms with Gasteiger partial charge in [0.25, 0.3) is 0 Å². The maximum atomic E-state index is 13.7. The zero-order valence-electron chi connectivity index (χ0n) is 11.1. The Morgan fingerprint density at radius 1 is 1.38 bits per heavy atom. The molecular weight excluding hydrogens is 301 g/mol. The van der Waals surface area contributed by atoms with E-state index in [-0.39, 0.29) is 18.0 Å². The van der Waals surface area contributed by atoms with Gasteiger partial charge in [0, 0.05) is 6.54 Å². The molecule has 0 radical (unpaired) electrons. The zero-order valence-corrected chi connectivity index (χ0v) is 11.9. The van der Waals surface area contributed by atoms with Gasteiger partial charge in [-0.25, -0.2) is 22.3 Å².